The third-order valence-corrected chi connectivity index (χ3v) is 3.35. The number of carbonyl (C=O) groups is 2. The van der Waals surface area contributed by atoms with Crippen LogP contribution in [-0.4, -0.2) is 29.9 Å². The maximum absolute atomic E-state index is 11.8. The second kappa shape index (κ2) is 7.08. The van der Waals surface area contributed by atoms with Gasteiger partial charge in [0.2, 0.25) is 5.91 Å². The van der Waals surface area contributed by atoms with E-state index in [-0.39, 0.29) is 18.2 Å². The molecule has 0 fully saturated rings. The van der Waals surface area contributed by atoms with Gasteiger partial charge in [-0.3, -0.25) is 9.59 Å². The average Bonchev–Trinajstić information content (AvgIpc) is 2.65. The summed E-state index contributed by atoms with van der Waals surface area (Å²) in [4.78, 5) is 27.7. The number of nitrogens with zero attached hydrogens (tertiary/aromatic N) is 1. The fourth-order valence-corrected chi connectivity index (χ4v) is 2.15. The first kappa shape index (κ1) is 15.4. The van der Waals surface area contributed by atoms with Gasteiger partial charge >= 0.3 is 0 Å². The van der Waals surface area contributed by atoms with Crippen molar-refractivity contribution in [3.63, 3.8) is 0 Å². The maximum Gasteiger partial charge on any atom is 0.263 e. The molecule has 0 saturated carbocycles. The number of nitrogens with one attached hydrogen (secondary N) is 2. The molecular weight excluding hydrogens is 264 g/mol. The summed E-state index contributed by atoms with van der Waals surface area (Å²) >= 11 is 1.15. The zero-order valence-electron chi connectivity index (χ0n) is 11.4. The van der Waals surface area contributed by atoms with Crippen LogP contribution in [0.5, 0.6) is 0 Å². The highest BCUT2D eigenvalue weighted by Crippen LogP contribution is 2.19. The number of rotatable bonds is 6. The lowest BCUT2D eigenvalue weighted by atomic mass is 10.2. The highest BCUT2D eigenvalue weighted by atomic mass is 32.1. The molecule has 0 aliphatic carbocycles. The topological polar surface area (TPSA) is 97.1 Å². The van der Waals surface area contributed by atoms with Crippen LogP contribution in [0.2, 0.25) is 0 Å². The van der Waals surface area contributed by atoms with Crippen LogP contribution in [0.4, 0.5) is 5.13 Å². The van der Waals surface area contributed by atoms with E-state index in [9.17, 15) is 9.59 Å². The SMILES string of the molecule is Cc1nc(N)sc1C(=O)NCCC(=O)NCC(C)C. The number of hydrogen-bond donors (Lipinski definition) is 3. The fourth-order valence-electron chi connectivity index (χ4n) is 1.40. The van der Waals surface area contributed by atoms with E-state index in [2.05, 4.69) is 15.6 Å². The third-order valence-electron chi connectivity index (χ3n) is 2.36. The molecule has 0 radical (unpaired) electrons. The number of aromatic nitrogens is 1. The fraction of sp³-hybridized carbons (Fsp3) is 0.583. The number of hydrogen-bond acceptors (Lipinski definition) is 5. The number of carbonyl (C=O) groups excluding carboxylic acids is 2. The van der Waals surface area contributed by atoms with Crippen molar-refractivity contribution < 1.29 is 9.59 Å². The van der Waals surface area contributed by atoms with Crippen molar-refractivity contribution in [1.82, 2.24) is 15.6 Å². The molecule has 106 valence electrons. The molecule has 0 aromatic carbocycles. The number of aryl methyl sites for hydroxylation is 1. The Labute approximate surface area is 116 Å². The normalized spacial score (nSPS) is 10.5. The maximum atomic E-state index is 11.8. The zero-order valence-corrected chi connectivity index (χ0v) is 12.3. The minimum Gasteiger partial charge on any atom is -0.375 e. The van der Waals surface area contributed by atoms with Crippen LogP contribution >= 0.6 is 11.3 Å². The molecule has 0 atom stereocenters. The largest absolute Gasteiger partial charge is 0.375 e. The Hall–Kier alpha value is -1.63. The monoisotopic (exact) mass is 284 g/mol. The number of thiazole rings is 1. The van der Waals surface area contributed by atoms with Crippen molar-refractivity contribution in [2.75, 3.05) is 18.8 Å². The van der Waals surface area contributed by atoms with Crippen molar-refractivity contribution in [2.45, 2.75) is 27.2 Å². The Bertz CT molecular complexity index is 457. The van der Waals surface area contributed by atoms with Crippen molar-refractivity contribution in [1.29, 1.82) is 0 Å². The van der Waals surface area contributed by atoms with Crippen molar-refractivity contribution >= 4 is 28.3 Å². The average molecular weight is 284 g/mol. The van der Waals surface area contributed by atoms with E-state index >= 15 is 0 Å². The van der Waals surface area contributed by atoms with Crippen molar-refractivity contribution in [3.8, 4) is 0 Å². The first-order valence-electron chi connectivity index (χ1n) is 6.18. The molecule has 0 aliphatic heterocycles. The lowest BCUT2D eigenvalue weighted by Crippen LogP contribution is -2.32. The molecule has 0 spiro atoms. The molecule has 6 nitrogen and oxygen atoms in total. The van der Waals surface area contributed by atoms with Crippen molar-refractivity contribution in [3.05, 3.63) is 10.6 Å². The van der Waals surface area contributed by atoms with Gasteiger partial charge in [0.05, 0.1) is 5.69 Å². The number of amides is 2. The van der Waals surface area contributed by atoms with Crippen LogP contribution in [0.1, 0.15) is 35.6 Å². The van der Waals surface area contributed by atoms with Crippen LogP contribution < -0.4 is 16.4 Å². The lowest BCUT2D eigenvalue weighted by molar-refractivity contribution is -0.121. The van der Waals surface area contributed by atoms with Gasteiger partial charge < -0.3 is 16.4 Å². The zero-order chi connectivity index (χ0) is 14.4. The minimum absolute atomic E-state index is 0.0606. The summed E-state index contributed by atoms with van der Waals surface area (Å²) in [6.07, 6.45) is 0.270. The summed E-state index contributed by atoms with van der Waals surface area (Å²) in [5.74, 6) is 0.124. The van der Waals surface area contributed by atoms with E-state index in [1.807, 2.05) is 13.8 Å². The molecule has 0 bridgehead atoms. The molecule has 1 heterocycles. The molecule has 1 rings (SSSR count). The van der Waals surface area contributed by atoms with Gasteiger partial charge in [-0.05, 0) is 12.8 Å². The number of nitrogen functional groups attached to an aromatic ring is 1. The van der Waals surface area contributed by atoms with Gasteiger partial charge in [-0.15, -0.1) is 0 Å². The summed E-state index contributed by atoms with van der Waals surface area (Å²) in [6.45, 7) is 6.74. The van der Waals surface area contributed by atoms with E-state index in [0.29, 0.717) is 34.7 Å². The standard InChI is InChI=1S/C12H20N4O2S/c1-7(2)6-15-9(17)4-5-14-11(18)10-8(3)16-12(13)19-10/h7H,4-6H2,1-3H3,(H2,13,16)(H,14,18)(H,15,17). The predicted octanol–water partition coefficient (Wildman–Crippen LogP) is 0.926. The van der Waals surface area contributed by atoms with Gasteiger partial charge in [-0.25, -0.2) is 4.98 Å². The van der Waals surface area contributed by atoms with E-state index in [1.165, 1.54) is 0 Å². The third kappa shape index (κ3) is 5.25. The van der Waals surface area contributed by atoms with Gasteiger partial charge in [-0.1, -0.05) is 25.2 Å². The Morgan fingerprint density at radius 3 is 2.58 bits per heavy atom. The van der Waals surface area contributed by atoms with Gasteiger partial charge in [0, 0.05) is 19.5 Å². The van der Waals surface area contributed by atoms with E-state index in [0.717, 1.165) is 11.3 Å². The van der Waals surface area contributed by atoms with Gasteiger partial charge in [0.25, 0.3) is 5.91 Å². The Morgan fingerprint density at radius 2 is 2.05 bits per heavy atom. The molecule has 2 amide bonds. The summed E-state index contributed by atoms with van der Waals surface area (Å²) < 4.78 is 0. The Kier molecular flexibility index (Phi) is 5.75. The van der Waals surface area contributed by atoms with Crippen LogP contribution in [-0.2, 0) is 4.79 Å². The lowest BCUT2D eigenvalue weighted by Gasteiger charge is -2.08. The predicted molar refractivity (Wildman–Crippen MR) is 76.1 cm³/mol. The second-order valence-corrected chi connectivity index (χ2v) is 5.70. The smallest absolute Gasteiger partial charge is 0.263 e. The first-order valence-corrected chi connectivity index (χ1v) is 6.99. The van der Waals surface area contributed by atoms with Crippen LogP contribution in [0.3, 0.4) is 0 Å². The molecule has 0 saturated heterocycles. The summed E-state index contributed by atoms with van der Waals surface area (Å²) in [5.41, 5.74) is 6.14. The minimum atomic E-state index is -0.233. The van der Waals surface area contributed by atoms with Crippen LogP contribution in [0, 0.1) is 12.8 Å². The summed E-state index contributed by atoms with van der Waals surface area (Å²) in [5, 5.41) is 5.85. The molecule has 19 heavy (non-hydrogen) atoms. The number of nitrogens with two attached hydrogens (primary N) is 1. The van der Waals surface area contributed by atoms with Gasteiger partial charge in [0.1, 0.15) is 4.88 Å². The highest BCUT2D eigenvalue weighted by Gasteiger charge is 2.13. The molecule has 7 heteroatoms. The summed E-state index contributed by atoms with van der Waals surface area (Å²) in [6, 6.07) is 0. The van der Waals surface area contributed by atoms with E-state index in [1.54, 1.807) is 6.92 Å². The van der Waals surface area contributed by atoms with E-state index in [4.69, 9.17) is 5.73 Å². The second-order valence-electron chi connectivity index (χ2n) is 4.67. The first-order chi connectivity index (χ1) is 8.90. The van der Waals surface area contributed by atoms with Crippen molar-refractivity contribution in [2.24, 2.45) is 5.92 Å². The van der Waals surface area contributed by atoms with Crippen LogP contribution in [0.15, 0.2) is 0 Å². The summed E-state index contributed by atoms with van der Waals surface area (Å²) in [7, 11) is 0. The molecule has 4 N–H and O–H groups in total. The Morgan fingerprint density at radius 1 is 1.37 bits per heavy atom. The quantitative estimate of drug-likeness (QED) is 0.723. The molecule has 0 aliphatic rings. The van der Waals surface area contributed by atoms with Gasteiger partial charge in [0.15, 0.2) is 5.13 Å². The van der Waals surface area contributed by atoms with Crippen LogP contribution in [0.25, 0.3) is 0 Å². The molecule has 1 aromatic rings. The number of anilines is 1. The Balaban J connectivity index is 2.31. The van der Waals surface area contributed by atoms with Gasteiger partial charge in [-0.2, -0.15) is 0 Å². The molecular formula is C12H20N4O2S. The highest BCUT2D eigenvalue weighted by molar-refractivity contribution is 7.17. The molecule has 1 aromatic heterocycles. The van der Waals surface area contributed by atoms with E-state index < -0.39 is 0 Å². The molecule has 0 unspecified atom stereocenters.